The fourth-order valence-electron chi connectivity index (χ4n) is 2.50. The van der Waals surface area contributed by atoms with Crippen molar-refractivity contribution < 1.29 is 4.79 Å². The normalized spacial score (nSPS) is 20.4. The van der Waals surface area contributed by atoms with Gasteiger partial charge in [0.25, 0.3) is 5.91 Å². The number of rotatable bonds is 4. The summed E-state index contributed by atoms with van der Waals surface area (Å²) >= 11 is 0. The molecular weight excluding hydrogens is 250 g/mol. The highest BCUT2D eigenvalue weighted by molar-refractivity contribution is 5.99. The van der Waals surface area contributed by atoms with Crippen LogP contribution in [0.15, 0.2) is 48.5 Å². The smallest absolute Gasteiger partial charge is 0.250 e. The minimum Gasteiger partial charge on any atom is -0.398 e. The van der Waals surface area contributed by atoms with E-state index in [1.165, 1.54) is 5.56 Å². The van der Waals surface area contributed by atoms with Crippen LogP contribution in [0.1, 0.15) is 28.3 Å². The number of carbonyl (C=O) groups excluding carboxylic acids is 1. The topological polar surface area (TPSA) is 81.1 Å². The summed E-state index contributed by atoms with van der Waals surface area (Å²) in [4.78, 5) is 11.3. The maximum absolute atomic E-state index is 11.3. The van der Waals surface area contributed by atoms with E-state index in [-0.39, 0.29) is 0 Å². The maximum atomic E-state index is 11.3. The van der Waals surface area contributed by atoms with Gasteiger partial charge in [-0.15, -0.1) is 0 Å². The van der Waals surface area contributed by atoms with E-state index in [4.69, 9.17) is 11.5 Å². The minimum absolute atomic E-state index is 0.368. The Bertz CT molecular complexity index is 639. The highest BCUT2D eigenvalue weighted by Gasteiger charge is 2.38. The second kappa shape index (κ2) is 4.89. The molecule has 1 saturated carbocycles. The highest BCUT2D eigenvalue weighted by atomic mass is 16.1. The summed E-state index contributed by atoms with van der Waals surface area (Å²) in [5, 5.41) is 3.42. The molecule has 102 valence electrons. The molecule has 4 heteroatoms. The van der Waals surface area contributed by atoms with Gasteiger partial charge in [-0.2, -0.15) is 0 Å². The molecule has 1 amide bonds. The van der Waals surface area contributed by atoms with Crippen LogP contribution in [0, 0.1) is 0 Å². The van der Waals surface area contributed by atoms with Gasteiger partial charge in [0.2, 0.25) is 0 Å². The lowest BCUT2D eigenvalue weighted by molar-refractivity contribution is 0.100. The lowest BCUT2D eigenvalue weighted by Gasteiger charge is -2.09. The number of nitrogen functional groups attached to an aromatic ring is 1. The Morgan fingerprint density at radius 1 is 1.15 bits per heavy atom. The molecular formula is C16H17N3O. The van der Waals surface area contributed by atoms with Gasteiger partial charge in [0.1, 0.15) is 0 Å². The summed E-state index contributed by atoms with van der Waals surface area (Å²) < 4.78 is 0. The number of hydrogen-bond acceptors (Lipinski definition) is 3. The van der Waals surface area contributed by atoms with Gasteiger partial charge >= 0.3 is 0 Å². The van der Waals surface area contributed by atoms with Crippen molar-refractivity contribution in [2.24, 2.45) is 5.73 Å². The molecule has 0 radical (unpaired) electrons. The van der Waals surface area contributed by atoms with E-state index in [1.807, 2.05) is 12.1 Å². The lowest BCUT2D eigenvalue weighted by Crippen LogP contribution is -2.14. The Morgan fingerprint density at radius 2 is 1.90 bits per heavy atom. The number of primary amides is 1. The molecule has 0 spiro atoms. The Labute approximate surface area is 117 Å². The van der Waals surface area contributed by atoms with Crippen molar-refractivity contribution in [2.45, 2.75) is 18.4 Å². The standard InChI is InChI=1S/C16H17N3O/c17-14-7-6-11(8-13(14)16(18)20)19-15-9-12(15)10-4-2-1-3-5-10/h1-8,12,15,19H,9,17H2,(H2,18,20). The molecule has 0 saturated heterocycles. The summed E-state index contributed by atoms with van der Waals surface area (Å²) in [5.41, 5.74) is 14.0. The van der Waals surface area contributed by atoms with Crippen molar-refractivity contribution in [1.29, 1.82) is 0 Å². The molecule has 2 atom stereocenters. The molecule has 1 fully saturated rings. The summed E-state index contributed by atoms with van der Waals surface area (Å²) in [6, 6.07) is 16.1. The largest absolute Gasteiger partial charge is 0.398 e. The number of benzene rings is 2. The highest BCUT2D eigenvalue weighted by Crippen LogP contribution is 2.42. The molecule has 1 aliphatic rings. The number of amides is 1. The molecule has 0 aromatic heterocycles. The lowest BCUT2D eigenvalue weighted by atomic mass is 10.1. The first-order valence-corrected chi connectivity index (χ1v) is 6.66. The van der Waals surface area contributed by atoms with Crippen LogP contribution in [0.25, 0.3) is 0 Å². The SMILES string of the molecule is NC(=O)c1cc(NC2CC2c2ccccc2)ccc1N. The first-order valence-electron chi connectivity index (χ1n) is 6.66. The van der Waals surface area contributed by atoms with Crippen LogP contribution in [0.3, 0.4) is 0 Å². The van der Waals surface area contributed by atoms with E-state index < -0.39 is 5.91 Å². The zero-order chi connectivity index (χ0) is 14.1. The van der Waals surface area contributed by atoms with Crippen molar-refractivity contribution >= 4 is 17.3 Å². The van der Waals surface area contributed by atoms with Crippen LogP contribution in [0.4, 0.5) is 11.4 Å². The van der Waals surface area contributed by atoms with E-state index in [9.17, 15) is 4.79 Å². The van der Waals surface area contributed by atoms with Crippen molar-refractivity contribution in [2.75, 3.05) is 11.1 Å². The molecule has 2 aromatic rings. The van der Waals surface area contributed by atoms with Gasteiger partial charge in [-0.3, -0.25) is 4.79 Å². The van der Waals surface area contributed by atoms with E-state index >= 15 is 0 Å². The fraction of sp³-hybridized carbons (Fsp3) is 0.188. The molecule has 0 aliphatic heterocycles. The van der Waals surface area contributed by atoms with Gasteiger partial charge in [-0.05, 0) is 30.2 Å². The van der Waals surface area contributed by atoms with Crippen molar-refractivity contribution in [3.8, 4) is 0 Å². The van der Waals surface area contributed by atoms with E-state index in [0.717, 1.165) is 12.1 Å². The van der Waals surface area contributed by atoms with Crippen LogP contribution < -0.4 is 16.8 Å². The average molecular weight is 267 g/mol. The predicted octanol–water partition coefficient (Wildman–Crippen LogP) is 2.34. The van der Waals surface area contributed by atoms with Gasteiger partial charge in [-0.25, -0.2) is 0 Å². The van der Waals surface area contributed by atoms with Gasteiger partial charge in [-0.1, -0.05) is 30.3 Å². The van der Waals surface area contributed by atoms with Crippen LogP contribution in [-0.2, 0) is 0 Å². The Balaban J connectivity index is 1.71. The van der Waals surface area contributed by atoms with Gasteiger partial charge in [0, 0.05) is 23.3 Å². The number of carbonyl (C=O) groups is 1. The molecule has 0 bridgehead atoms. The second-order valence-electron chi connectivity index (χ2n) is 5.17. The minimum atomic E-state index is -0.499. The molecule has 2 aromatic carbocycles. The Morgan fingerprint density at radius 3 is 2.60 bits per heavy atom. The quantitative estimate of drug-likeness (QED) is 0.744. The van der Waals surface area contributed by atoms with Gasteiger partial charge < -0.3 is 16.8 Å². The monoisotopic (exact) mass is 267 g/mol. The molecule has 0 heterocycles. The van der Waals surface area contributed by atoms with Crippen LogP contribution >= 0.6 is 0 Å². The summed E-state index contributed by atoms with van der Waals surface area (Å²) in [5.74, 6) is 0.0346. The molecule has 2 unspecified atom stereocenters. The summed E-state index contributed by atoms with van der Waals surface area (Å²) in [6.45, 7) is 0. The van der Waals surface area contributed by atoms with Crippen LogP contribution in [0.2, 0.25) is 0 Å². The Kier molecular flexibility index (Phi) is 3.06. The van der Waals surface area contributed by atoms with Gasteiger partial charge in [0.05, 0.1) is 5.56 Å². The molecule has 3 rings (SSSR count). The zero-order valence-corrected chi connectivity index (χ0v) is 11.0. The van der Waals surface area contributed by atoms with Crippen molar-refractivity contribution in [1.82, 2.24) is 0 Å². The third kappa shape index (κ3) is 2.45. The zero-order valence-electron chi connectivity index (χ0n) is 11.0. The number of nitrogens with one attached hydrogen (secondary N) is 1. The maximum Gasteiger partial charge on any atom is 0.250 e. The molecule has 4 nitrogen and oxygen atoms in total. The van der Waals surface area contributed by atoms with Crippen molar-refractivity contribution in [3.63, 3.8) is 0 Å². The number of nitrogens with two attached hydrogens (primary N) is 2. The number of anilines is 2. The van der Waals surface area contributed by atoms with Crippen LogP contribution in [0.5, 0.6) is 0 Å². The fourth-order valence-corrected chi connectivity index (χ4v) is 2.50. The van der Waals surface area contributed by atoms with E-state index in [0.29, 0.717) is 23.2 Å². The number of hydrogen-bond donors (Lipinski definition) is 3. The predicted molar refractivity (Wildman–Crippen MR) is 80.6 cm³/mol. The average Bonchev–Trinajstić information content (AvgIpc) is 3.21. The Hall–Kier alpha value is -2.49. The van der Waals surface area contributed by atoms with E-state index in [2.05, 4.69) is 29.6 Å². The molecule has 5 N–H and O–H groups in total. The molecule has 20 heavy (non-hydrogen) atoms. The van der Waals surface area contributed by atoms with E-state index in [1.54, 1.807) is 12.1 Å². The van der Waals surface area contributed by atoms with Crippen LogP contribution in [-0.4, -0.2) is 11.9 Å². The summed E-state index contributed by atoms with van der Waals surface area (Å²) in [7, 11) is 0. The first kappa shape index (κ1) is 12.5. The van der Waals surface area contributed by atoms with Gasteiger partial charge in [0.15, 0.2) is 0 Å². The second-order valence-corrected chi connectivity index (χ2v) is 5.17. The first-order chi connectivity index (χ1) is 9.65. The molecule has 1 aliphatic carbocycles. The third-order valence-electron chi connectivity index (χ3n) is 3.69. The third-order valence-corrected chi connectivity index (χ3v) is 3.69. The van der Waals surface area contributed by atoms with Crippen molar-refractivity contribution in [3.05, 3.63) is 59.7 Å². The summed E-state index contributed by atoms with van der Waals surface area (Å²) in [6.07, 6.45) is 1.10.